The van der Waals surface area contributed by atoms with E-state index in [9.17, 15) is 18.0 Å². The first kappa shape index (κ1) is 25.7. The lowest BCUT2D eigenvalue weighted by Crippen LogP contribution is -2.36. The molecule has 0 aliphatic carbocycles. The van der Waals surface area contributed by atoms with E-state index in [0.29, 0.717) is 30.0 Å². The van der Waals surface area contributed by atoms with E-state index in [4.69, 9.17) is 11.6 Å². The number of hydrogen-bond donors (Lipinski definition) is 2. The van der Waals surface area contributed by atoms with Crippen LogP contribution in [0.3, 0.4) is 0 Å². The molecule has 36 heavy (non-hydrogen) atoms. The smallest absolute Gasteiger partial charge is 0.263 e. The first-order chi connectivity index (χ1) is 17.2. The number of halogens is 1. The highest BCUT2D eigenvalue weighted by atomic mass is 35.5. The van der Waals surface area contributed by atoms with Gasteiger partial charge in [-0.2, -0.15) is 0 Å². The number of anilines is 2. The Bertz CT molecular complexity index is 1420. The fourth-order valence-corrected chi connectivity index (χ4v) is 5.88. The Labute approximate surface area is 216 Å². The summed E-state index contributed by atoms with van der Waals surface area (Å²) in [5.41, 5.74) is 3.05. The molecular weight excluding hydrogens is 498 g/mol. The van der Waals surface area contributed by atoms with Gasteiger partial charge in [0.15, 0.2) is 0 Å². The molecule has 0 radical (unpaired) electrons. The molecule has 3 aromatic rings. The molecule has 0 saturated carbocycles. The number of likely N-dealkylation sites (tertiary alicyclic amines) is 1. The van der Waals surface area contributed by atoms with E-state index in [0.717, 1.165) is 30.4 Å². The number of benzene rings is 3. The number of carbonyl (C=O) groups is 2. The van der Waals surface area contributed by atoms with Gasteiger partial charge in [-0.05, 0) is 75.1 Å². The topological polar surface area (TPSA) is 95.6 Å². The van der Waals surface area contributed by atoms with Gasteiger partial charge in [-0.3, -0.25) is 14.3 Å². The van der Waals surface area contributed by atoms with Crippen molar-refractivity contribution in [2.45, 2.75) is 38.0 Å². The normalized spacial score (nSPS) is 13.8. The lowest BCUT2D eigenvalue weighted by molar-refractivity contribution is 0.0725. The molecule has 1 aliphatic heterocycles. The zero-order chi connectivity index (χ0) is 25.9. The van der Waals surface area contributed by atoms with Gasteiger partial charge < -0.3 is 10.2 Å². The van der Waals surface area contributed by atoms with E-state index in [2.05, 4.69) is 10.0 Å². The summed E-state index contributed by atoms with van der Waals surface area (Å²) in [6.07, 6.45) is 3.01. The molecule has 0 bridgehead atoms. The first-order valence-electron chi connectivity index (χ1n) is 11.7. The summed E-state index contributed by atoms with van der Waals surface area (Å²) in [5.74, 6) is -0.684. The molecule has 1 heterocycles. The third-order valence-corrected chi connectivity index (χ3v) is 8.01. The molecule has 188 valence electrons. The first-order valence-corrected chi connectivity index (χ1v) is 13.6. The zero-order valence-corrected chi connectivity index (χ0v) is 21.7. The summed E-state index contributed by atoms with van der Waals surface area (Å²) >= 11 is 6.23. The third-order valence-electron chi connectivity index (χ3n) is 6.16. The standard InChI is InChI=1S/C27H28ClN3O4S/c1-18-10-13-23(19(2)16-18)30-36(34,35)25-17-20(11-12-22(25)28)26(32)29-24-9-5-4-8-21(24)27(33)31-14-6-3-7-15-31/h4-5,8-13,16-17,30H,3,6-7,14-15H2,1-2H3,(H,29,32). The average molecular weight is 526 g/mol. The molecule has 3 aromatic carbocycles. The van der Waals surface area contributed by atoms with Crippen LogP contribution in [0, 0.1) is 13.8 Å². The van der Waals surface area contributed by atoms with Gasteiger partial charge in [0.2, 0.25) is 0 Å². The zero-order valence-electron chi connectivity index (χ0n) is 20.2. The highest BCUT2D eigenvalue weighted by Gasteiger charge is 2.24. The Morgan fingerprint density at radius 2 is 1.61 bits per heavy atom. The molecule has 0 unspecified atom stereocenters. The van der Waals surface area contributed by atoms with Gasteiger partial charge in [-0.15, -0.1) is 0 Å². The number of carbonyl (C=O) groups excluding carboxylic acids is 2. The summed E-state index contributed by atoms with van der Waals surface area (Å²) in [5, 5.41) is 2.76. The van der Waals surface area contributed by atoms with Crippen LogP contribution in [-0.4, -0.2) is 38.2 Å². The van der Waals surface area contributed by atoms with Crippen molar-refractivity contribution in [3.63, 3.8) is 0 Å². The van der Waals surface area contributed by atoms with Gasteiger partial charge in [0.25, 0.3) is 21.8 Å². The number of rotatable bonds is 6. The van der Waals surface area contributed by atoms with E-state index < -0.39 is 15.9 Å². The molecule has 1 fully saturated rings. The second-order valence-electron chi connectivity index (χ2n) is 8.92. The lowest BCUT2D eigenvalue weighted by Gasteiger charge is -2.27. The average Bonchev–Trinajstić information content (AvgIpc) is 2.86. The minimum atomic E-state index is -4.07. The van der Waals surface area contributed by atoms with E-state index in [1.54, 1.807) is 48.2 Å². The van der Waals surface area contributed by atoms with Crippen LogP contribution in [0.4, 0.5) is 11.4 Å². The predicted octanol–water partition coefficient (Wildman–Crippen LogP) is 5.64. The van der Waals surface area contributed by atoms with Gasteiger partial charge >= 0.3 is 0 Å². The van der Waals surface area contributed by atoms with Gasteiger partial charge in [-0.1, -0.05) is 41.4 Å². The number of para-hydroxylation sites is 1. The maximum absolute atomic E-state index is 13.1. The number of amides is 2. The lowest BCUT2D eigenvalue weighted by atomic mass is 10.1. The maximum atomic E-state index is 13.1. The van der Waals surface area contributed by atoms with Crippen LogP contribution >= 0.6 is 11.6 Å². The molecule has 7 nitrogen and oxygen atoms in total. The van der Waals surface area contributed by atoms with Gasteiger partial charge in [0.05, 0.1) is 22.0 Å². The quantitative estimate of drug-likeness (QED) is 0.435. The Morgan fingerprint density at radius 3 is 2.33 bits per heavy atom. The van der Waals surface area contributed by atoms with Crippen molar-refractivity contribution in [1.82, 2.24) is 4.90 Å². The van der Waals surface area contributed by atoms with Crippen molar-refractivity contribution in [2.24, 2.45) is 0 Å². The van der Waals surface area contributed by atoms with Crippen LogP contribution in [0.5, 0.6) is 0 Å². The monoisotopic (exact) mass is 525 g/mol. The van der Waals surface area contributed by atoms with Gasteiger partial charge in [-0.25, -0.2) is 8.42 Å². The third kappa shape index (κ3) is 5.71. The van der Waals surface area contributed by atoms with E-state index in [1.165, 1.54) is 18.2 Å². The molecule has 1 saturated heterocycles. The summed E-state index contributed by atoms with van der Waals surface area (Å²) in [7, 11) is -4.07. The van der Waals surface area contributed by atoms with Crippen molar-refractivity contribution in [3.8, 4) is 0 Å². The molecule has 4 rings (SSSR count). The Kier molecular flexibility index (Phi) is 7.66. The number of piperidine rings is 1. The van der Waals surface area contributed by atoms with Crippen molar-refractivity contribution < 1.29 is 18.0 Å². The minimum Gasteiger partial charge on any atom is -0.339 e. The molecular formula is C27H28ClN3O4S. The van der Waals surface area contributed by atoms with Crippen molar-refractivity contribution in [3.05, 3.63) is 87.9 Å². The molecule has 1 aliphatic rings. The molecule has 0 atom stereocenters. The van der Waals surface area contributed by atoms with Crippen molar-refractivity contribution >= 4 is 44.8 Å². The van der Waals surface area contributed by atoms with Crippen LogP contribution in [0.2, 0.25) is 5.02 Å². The maximum Gasteiger partial charge on any atom is 0.263 e. The highest BCUT2D eigenvalue weighted by molar-refractivity contribution is 7.92. The number of sulfonamides is 1. The summed E-state index contributed by atoms with van der Waals surface area (Å²) in [4.78, 5) is 27.8. The fourth-order valence-electron chi connectivity index (χ4n) is 4.22. The molecule has 0 aromatic heterocycles. The molecule has 0 spiro atoms. The van der Waals surface area contributed by atoms with Crippen molar-refractivity contribution in [2.75, 3.05) is 23.1 Å². The predicted molar refractivity (Wildman–Crippen MR) is 142 cm³/mol. The molecule has 2 amide bonds. The fraction of sp³-hybridized carbons (Fsp3) is 0.259. The van der Waals surface area contributed by atoms with Crippen molar-refractivity contribution in [1.29, 1.82) is 0 Å². The summed E-state index contributed by atoms with van der Waals surface area (Å²) in [6.45, 7) is 5.10. The Balaban J connectivity index is 1.58. The molecule has 9 heteroatoms. The molecule has 2 N–H and O–H groups in total. The number of hydrogen-bond acceptors (Lipinski definition) is 4. The van der Waals surface area contributed by atoms with Crippen LogP contribution in [0.15, 0.2) is 65.6 Å². The van der Waals surface area contributed by atoms with E-state index in [-0.39, 0.29) is 21.4 Å². The van der Waals surface area contributed by atoms with E-state index in [1.807, 2.05) is 13.0 Å². The summed E-state index contributed by atoms with van der Waals surface area (Å²) in [6, 6.07) is 16.2. The van der Waals surface area contributed by atoms with E-state index >= 15 is 0 Å². The SMILES string of the molecule is Cc1ccc(NS(=O)(=O)c2cc(C(=O)Nc3ccccc3C(=O)N3CCCCC3)ccc2Cl)c(C)c1. The Morgan fingerprint density at radius 1 is 0.889 bits per heavy atom. The largest absolute Gasteiger partial charge is 0.339 e. The van der Waals surface area contributed by atoms with Crippen LogP contribution in [-0.2, 0) is 10.0 Å². The number of nitrogens with zero attached hydrogens (tertiary/aromatic N) is 1. The van der Waals surface area contributed by atoms with Gasteiger partial charge in [0, 0.05) is 18.7 Å². The van der Waals surface area contributed by atoms with Crippen LogP contribution in [0.25, 0.3) is 0 Å². The second kappa shape index (κ2) is 10.7. The summed E-state index contributed by atoms with van der Waals surface area (Å²) < 4.78 is 28.8. The van der Waals surface area contributed by atoms with Gasteiger partial charge in [0.1, 0.15) is 4.90 Å². The number of aryl methyl sites for hydroxylation is 2. The van der Waals surface area contributed by atoms with Crippen LogP contribution in [0.1, 0.15) is 51.1 Å². The second-order valence-corrected chi connectivity index (χ2v) is 11.0. The Hall–Kier alpha value is -3.36. The number of nitrogens with one attached hydrogen (secondary N) is 2. The minimum absolute atomic E-state index is 0.00973. The highest BCUT2D eigenvalue weighted by Crippen LogP contribution is 2.28. The van der Waals surface area contributed by atoms with Crippen LogP contribution < -0.4 is 10.0 Å².